The Balaban J connectivity index is 1.64. The summed E-state index contributed by atoms with van der Waals surface area (Å²) in [6.07, 6.45) is 1.61. The van der Waals surface area contributed by atoms with E-state index >= 15 is 0 Å². The number of nitrogens with zero attached hydrogens (tertiary/aromatic N) is 3. The summed E-state index contributed by atoms with van der Waals surface area (Å²) in [5.74, 6) is 0.569. The highest BCUT2D eigenvalue weighted by Gasteiger charge is 2.32. The van der Waals surface area contributed by atoms with E-state index in [0.29, 0.717) is 49.4 Å². The predicted octanol–water partition coefficient (Wildman–Crippen LogP) is 7.55. The second-order valence-electron chi connectivity index (χ2n) is 6.78. The van der Waals surface area contributed by atoms with Gasteiger partial charge in [-0.1, -0.05) is 23.2 Å². The highest BCUT2D eigenvalue weighted by atomic mass is 79.9. The molecule has 3 aromatic rings. The third-order valence-corrected chi connectivity index (χ3v) is 7.23. The summed E-state index contributed by atoms with van der Waals surface area (Å²) in [5.41, 5.74) is 0.920. The molecule has 1 aliphatic heterocycles. The number of hydrogen-bond donors (Lipinski definition) is 0. The average molecular weight is 567 g/mol. The van der Waals surface area contributed by atoms with Gasteiger partial charge in [0.15, 0.2) is 5.17 Å². The molecule has 11 heteroatoms. The van der Waals surface area contributed by atoms with Crippen molar-refractivity contribution in [3.05, 3.63) is 83.8 Å². The number of aliphatic imine (C=N–C) groups is 1. The molecule has 4 rings (SSSR count). The smallest absolute Gasteiger partial charge is 0.270 e. The number of benzene rings is 2. The van der Waals surface area contributed by atoms with Gasteiger partial charge in [0.2, 0.25) is 0 Å². The van der Waals surface area contributed by atoms with Crippen molar-refractivity contribution in [3.8, 4) is 11.3 Å². The molecule has 0 unspecified atom stereocenters. The molecule has 1 aromatic heterocycles. The number of hydrogen-bond acceptors (Lipinski definition) is 6. The number of amides is 1. The summed E-state index contributed by atoms with van der Waals surface area (Å²) in [4.78, 5) is 30.0. The first kappa shape index (κ1) is 23.6. The van der Waals surface area contributed by atoms with Gasteiger partial charge >= 0.3 is 0 Å². The van der Waals surface area contributed by atoms with Crippen molar-refractivity contribution in [2.45, 2.75) is 6.92 Å². The van der Waals surface area contributed by atoms with Crippen LogP contribution in [0.1, 0.15) is 12.7 Å². The number of halogens is 3. The maximum Gasteiger partial charge on any atom is 0.270 e. The summed E-state index contributed by atoms with van der Waals surface area (Å²) in [6, 6.07) is 12.7. The van der Waals surface area contributed by atoms with Crippen LogP contribution in [0.3, 0.4) is 0 Å². The molecule has 0 spiro atoms. The number of nitro groups is 1. The fraction of sp³-hybridized carbons (Fsp3) is 0.0909. The lowest BCUT2D eigenvalue weighted by molar-refractivity contribution is -0.384. The van der Waals surface area contributed by atoms with Crippen molar-refractivity contribution in [2.75, 3.05) is 6.54 Å². The molecule has 0 radical (unpaired) electrons. The Morgan fingerprint density at radius 2 is 1.97 bits per heavy atom. The molecule has 0 aliphatic carbocycles. The van der Waals surface area contributed by atoms with E-state index in [1.807, 2.05) is 6.92 Å². The van der Waals surface area contributed by atoms with Crippen LogP contribution in [0.15, 0.2) is 67.3 Å². The SMILES string of the molecule is CCN1C(=O)/C(=C/c2ccc(-c3cc([N+](=O)[O-])ccc3Cl)o2)SC1=Nc1ccc(Br)c(Cl)c1. The molecule has 168 valence electrons. The van der Waals surface area contributed by atoms with E-state index < -0.39 is 4.92 Å². The average Bonchev–Trinajstić information content (AvgIpc) is 3.35. The van der Waals surface area contributed by atoms with E-state index in [4.69, 9.17) is 27.6 Å². The van der Waals surface area contributed by atoms with Crippen LogP contribution in [-0.2, 0) is 4.79 Å². The van der Waals surface area contributed by atoms with E-state index in [9.17, 15) is 14.9 Å². The summed E-state index contributed by atoms with van der Waals surface area (Å²) in [6.45, 7) is 2.31. The Morgan fingerprint density at radius 1 is 1.18 bits per heavy atom. The normalized spacial score (nSPS) is 16.2. The molecule has 2 aromatic carbocycles. The maximum atomic E-state index is 12.9. The molecule has 1 aliphatic rings. The maximum absolute atomic E-state index is 12.9. The van der Waals surface area contributed by atoms with Crippen LogP contribution in [-0.4, -0.2) is 27.4 Å². The quantitative estimate of drug-likeness (QED) is 0.181. The minimum absolute atomic E-state index is 0.0975. The van der Waals surface area contributed by atoms with Gasteiger partial charge < -0.3 is 4.42 Å². The number of carbonyl (C=O) groups is 1. The van der Waals surface area contributed by atoms with Crippen LogP contribution in [0.2, 0.25) is 10.0 Å². The zero-order chi connectivity index (χ0) is 23.7. The molecule has 2 heterocycles. The molecule has 0 bridgehead atoms. The van der Waals surface area contributed by atoms with Crippen molar-refractivity contribution in [2.24, 2.45) is 4.99 Å². The lowest BCUT2D eigenvalue weighted by Crippen LogP contribution is -2.28. The van der Waals surface area contributed by atoms with Crippen molar-refractivity contribution in [1.82, 2.24) is 4.90 Å². The number of amidine groups is 1. The summed E-state index contributed by atoms with van der Waals surface area (Å²) in [7, 11) is 0. The first-order chi connectivity index (χ1) is 15.8. The second kappa shape index (κ2) is 9.72. The number of furan rings is 1. The van der Waals surface area contributed by atoms with Crippen LogP contribution >= 0.6 is 50.9 Å². The lowest BCUT2D eigenvalue weighted by Gasteiger charge is -2.12. The Kier molecular flexibility index (Phi) is 6.94. The summed E-state index contributed by atoms with van der Waals surface area (Å²) in [5, 5.41) is 12.4. The standard InChI is InChI=1S/C22H14BrCl2N3O4S/c1-2-27-21(29)20(33-22(27)26-12-3-6-16(23)18(25)9-12)11-14-5-8-19(32-14)15-10-13(28(30)31)4-7-17(15)24/h3-11H,2H2,1H3/b20-11-,26-22?. The molecule has 7 nitrogen and oxygen atoms in total. The minimum atomic E-state index is -0.502. The van der Waals surface area contributed by atoms with Gasteiger partial charge in [-0.2, -0.15) is 0 Å². The molecule has 33 heavy (non-hydrogen) atoms. The zero-order valence-electron chi connectivity index (χ0n) is 16.9. The second-order valence-corrected chi connectivity index (χ2v) is 9.45. The van der Waals surface area contributed by atoms with E-state index in [2.05, 4.69) is 20.9 Å². The topological polar surface area (TPSA) is 89.0 Å². The fourth-order valence-corrected chi connectivity index (χ4v) is 4.73. The zero-order valence-corrected chi connectivity index (χ0v) is 20.8. The number of nitro benzene ring substituents is 1. The molecule has 0 N–H and O–H groups in total. The van der Waals surface area contributed by atoms with Crippen LogP contribution in [0.5, 0.6) is 0 Å². The van der Waals surface area contributed by atoms with E-state index in [1.165, 1.54) is 30.0 Å². The van der Waals surface area contributed by atoms with Crippen LogP contribution in [0.25, 0.3) is 17.4 Å². The number of rotatable bonds is 5. The molecule has 0 saturated carbocycles. The van der Waals surface area contributed by atoms with Gasteiger partial charge in [0.25, 0.3) is 11.6 Å². The highest BCUT2D eigenvalue weighted by Crippen LogP contribution is 2.37. The van der Waals surface area contributed by atoms with Crippen LogP contribution in [0.4, 0.5) is 11.4 Å². The molecule has 0 atom stereocenters. The van der Waals surface area contributed by atoms with Gasteiger partial charge in [0.1, 0.15) is 11.5 Å². The van der Waals surface area contributed by atoms with Gasteiger partial charge in [-0.15, -0.1) is 0 Å². The van der Waals surface area contributed by atoms with Crippen LogP contribution in [0, 0.1) is 10.1 Å². The third kappa shape index (κ3) is 5.01. The van der Waals surface area contributed by atoms with Gasteiger partial charge in [0, 0.05) is 34.8 Å². The molecular weight excluding hydrogens is 553 g/mol. The van der Waals surface area contributed by atoms with E-state index in [-0.39, 0.29) is 11.6 Å². The fourth-order valence-electron chi connectivity index (χ4n) is 3.06. The Morgan fingerprint density at radius 3 is 2.67 bits per heavy atom. The summed E-state index contributed by atoms with van der Waals surface area (Å²) < 4.78 is 6.57. The molecule has 1 saturated heterocycles. The van der Waals surface area contributed by atoms with Crippen molar-refractivity contribution in [3.63, 3.8) is 0 Å². The molecule has 1 fully saturated rings. The van der Waals surface area contributed by atoms with Gasteiger partial charge in [-0.05, 0) is 71.0 Å². The van der Waals surface area contributed by atoms with Crippen molar-refractivity contribution >= 4 is 79.4 Å². The third-order valence-electron chi connectivity index (χ3n) is 4.66. The molecule has 1 amide bonds. The summed E-state index contributed by atoms with van der Waals surface area (Å²) >= 11 is 16.9. The monoisotopic (exact) mass is 565 g/mol. The first-order valence-electron chi connectivity index (χ1n) is 9.56. The number of non-ortho nitro benzene ring substituents is 1. The van der Waals surface area contributed by atoms with E-state index in [0.717, 1.165) is 4.47 Å². The molecular formula is C22H14BrCl2N3O4S. The largest absolute Gasteiger partial charge is 0.457 e. The van der Waals surface area contributed by atoms with Gasteiger partial charge in [-0.25, -0.2) is 4.99 Å². The highest BCUT2D eigenvalue weighted by molar-refractivity contribution is 9.10. The number of likely N-dealkylation sites (N-methyl/N-ethyl adjacent to an activating group) is 1. The van der Waals surface area contributed by atoms with Crippen molar-refractivity contribution < 1.29 is 14.1 Å². The van der Waals surface area contributed by atoms with Gasteiger partial charge in [-0.3, -0.25) is 19.8 Å². The first-order valence-corrected chi connectivity index (χ1v) is 11.9. The minimum Gasteiger partial charge on any atom is -0.457 e. The Hall–Kier alpha value is -2.59. The van der Waals surface area contributed by atoms with Crippen LogP contribution < -0.4 is 0 Å². The number of thioether (sulfide) groups is 1. The van der Waals surface area contributed by atoms with Crippen molar-refractivity contribution in [1.29, 1.82) is 0 Å². The number of carbonyl (C=O) groups excluding carboxylic acids is 1. The van der Waals surface area contributed by atoms with Gasteiger partial charge in [0.05, 0.1) is 25.6 Å². The Bertz CT molecular complexity index is 1340. The predicted molar refractivity (Wildman–Crippen MR) is 135 cm³/mol. The Labute approximate surface area is 211 Å². The lowest BCUT2D eigenvalue weighted by atomic mass is 10.1. The van der Waals surface area contributed by atoms with E-state index in [1.54, 1.807) is 41.3 Å².